The maximum absolute atomic E-state index is 11.9. The van der Waals surface area contributed by atoms with Crippen LogP contribution in [-0.2, 0) is 4.79 Å². The summed E-state index contributed by atoms with van der Waals surface area (Å²) in [5, 5.41) is 11.7. The van der Waals surface area contributed by atoms with Gasteiger partial charge in [-0.2, -0.15) is 0 Å². The van der Waals surface area contributed by atoms with Crippen molar-refractivity contribution in [1.82, 2.24) is 5.32 Å². The molecule has 0 unspecified atom stereocenters. The number of nitrogens with one attached hydrogen (secondary N) is 1. The molecule has 0 aromatic heterocycles. The van der Waals surface area contributed by atoms with E-state index in [0.29, 0.717) is 0 Å². The minimum absolute atomic E-state index is 0.102. The van der Waals surface area contributed by atoms with Crippen LogP contribution in [0.3, 0.4) is 0 Å². The Morgan fingerprint density at radius 1 is 1.39 bits per heavy atom. The van der Waals surface area contributed by atoms with Gasteiger partial charge in [-0.25, -0.2) is 0 Å². The van der Waals surface area contributed by atoms with Crippen LogP contribution in [-0.4, -0.2) is 21.0 Å². The SMILES string of the molecule is CC1(C)[C@H](C=C(Cl)Cl)[C@H]1C(=O)N[C@@H](O)C(Cl)(Cl)Cl. The number of carbonyl (C=O) groups excluding carboxylic acids is 1. The third-order valence-electron chi connectivity index (χ3n) is 3.09. The summed E-state index contributed by atoms with van der Waals surface area (Å²) in [5.74, 6) is -0.883. The number of hydrogen-bond acceptors (Lipinski definition) is 2. The molecule has 0 aromatic carbocycles. The second kappa shape index (κ2) is 5.55. The maximum atomic E-state index is 11.9. The zero-order valence-corrected chi connectivity index (χ0v) is 13.3. The number of allylic oxidation sites excluding steroid dienone is 1. The number of amides is 1. The van der Waals surface area contributed by atoms with Gasteiger partial charge < -0.3 is 10.4 Å². The average Bonchev–Trinajstić information content (AvgIpc) is 2.64. The molecular weight excluding hydrogens is 343 g/mol. The molecule has 0 aliphatic heterocycles. The number of carbonyl (C=O) groups is 1. The van der Waals surface area contributed by atoms with Gasteiger partial charge in [0, 0.05) is 0 Å². The van der Waals surface area contributed by atoms with E-state index < -0.39 is 15.9 Å². The molecule has 3 atom stereocenters. The van der Waals surface area contributed by atoms with Crippen LogP contribution in [0.2, 0.25) is 0 Å². The van der Waals surface area contributed by atoms with Crippen LogP contribution in [0.5, 0.6) is 0 Å². The Bertz CT molecular complexity index is 373. The van der Waals surface area contributed by atoms with Gasteiger partial charge in [-0.05, 0) is 17.4 Å². The van der Waals surface area contributed by atoms with Crippen LogP contribution >= 0.6 is 58.0 Å². The van der Waals surface area contributed by atoms with Crippen molar-refractivity contribution >= 4 is 63.9 Å². The number of aliphatic hydroxyl groups is 1. The predicted octanol–water partition coefficient (Wildman–Crippen LogP) is 3.38. The molecule has 1 saturated carbocycles. The van der Waals surface area contributed by atoms with Gasteiger partial charge in [0.1, 0.15) is 4.49 Å². The third kappa shape index (κ3) is 3.81. The van der Waals surface area contributed by atoms with E-state index in [2.05, 4.69) is 5.32 Å². The fourth-order valence-electron chi connectivity index (χ4n) is 1.93. The van der Waals surface area contributed by atoms with Crippen molar-refractivity contribution in [3.05, 3.63) is 10.6 Å². The molecule has 0 bridgehead atoms. The maximum Gasteiger partial charge on any atom is 0.234 e. The molecule has 104 valence electrons. The molecule has 0 heterocycles. The van der Waals surface area contributed by atoms with Crippen molar-refractivity contribution in [2.45, 2.75) is 23.9 Å². The Hall–Kier alpha value is 0.620. The lowest BCUT2D eigenvalue weighted by Gasteiger charge is -2.20. The molecular formula is C10H12Cl5NO2. The second-order valence-corrected chi connectivity index (χ2v) is 8.11. The van der Waals surface area contributed by atoms with Gasteiger partial charge in [0.2, 0.25) is 9.70 Å². The Morgan fingerprint density at radius 3 is 2.28 bits per heavy atom. The molecule has 1 aliphatic rings. The first-order chi connectivity index (χ1) is 7.98. The van der Waals surface area contributed by atoms with Crippen LogP contribution in [0.25, 0.3) is 0 Å². The first kappa shape index (κ1) is 16.7. The molecule has 1 aliphatic carbocycles. The Kier molecular flexibility index (Phi) is 5.14. The van der Waals surface area contributed by atoms with E-state index in [0.717, 1.165) is 0 Å². The number of aliphatic hydroxyl groups excluding tert-OH is 1. The highest BCUT2D eigenvalue weighted by atomic mass is 35.6. The lowest BCUT2D eigenvalue weighted by Crippen LogP contribution is -2.44. The zero-order valence-electron chi connectivity index (χ0n) is 9.55. The standard InChI is InChI=1S/C10H12Cl5NO2/c1-9(2)4(3-5(11)12)6(9)7(17)16-8(18)10(13,14)15/h3-4,6,8,18H,1-2H3,(H,16,17)/t4-,6+,8+/m1/s1. The second-order valence-electron chi connectivity index (χ2n) is 4.73. The van der Waals surface area contributed by atoms with E-state index in [-0.39, 0.29) is 21.7 Å². The van der Waals surface area contributed by atoms with Gasteiger partial charge in [-0.3, -0.25) is 4.79 Å². The normalized spacial score (nSPS) is 27.3. The minimum atomic E-state index is -1.97. The van der Waals surface area contributed by atoms with Gasteiger partial charge in [0.05, 0.1) is 5.92 Å². The summed E-state index contributed by atoms with van der Waals surface area (Å²) < 4.78 is -1.87. The molecule has 18 heavy (non-hydrogen) atoms. The van der Waals surface area contributed by atoms with Crippen molar-refractivity contribution in [1.29, 1.82) is 0 Å². The smallest absolute Gasteiger partial charge is 0.234 e. The highest BCUT2D eigenvalue weighted by molar-refractivity contribution is 6.68. The quantitative estimate of drug-likeness (QED) is 0.602. The van der Waals surface area contributed by atoms with Gasteiger partial charge in [0.25, 0.3) is 0 Å². The van der Waals surface area contributed by atoms with Crippen molar-refractivity contribution in [3.63, 3.8) is 0 Å². The van der Waals surface area contributed by atoms with E-state index in [4.69, 9.17) is 58.0 Å². The number of hydrogen-bond donors (Lipinski definition) is 2. The van der Waals surface area contributed by atoms with Crippen LogP contribution < -0.4 is 5.32 Å². The lowest BCUT2D eigenvalue weighted by molar-refractivity contribution is -0.126. The summed E-state index contributed by atoms with van der Waals surface area (Å²) >= 11 is 27.5. The molecule has 0 spiro atoms. The van der Waals surface area contributed by atoms with E-state index >= 15 is 0 Å². The molecule has 0 radical (unpaired) electrons. The highest BCUT2D eigenvalue weighted by Gasteiger charge is 2.61. The molecule has 0 saturated heterocycles. The zero-order chi connectivity index (χ0) is 14.3. The number of halogens is 5. The van der Waals surface area contributed by atoms with E-state index in [1.807, 2.05) is 13.8 Å². The van der Waals surface area contributed by atoms with Crippen LogP contribution in [0.1, 0.15) is 13.8 Å². The fraction of sp³-hybridized carbons (Fsp3) is 0.700. The minimum Gasteiger partial charge on any atom is -0.369 e. The van der Waals surface area contributed by atoms with Crippen LogP contribution in [0.15, 0.2) is 10.6 Å². The van der Waals surface area contributed by atoms with Crippen molar-refractivity contribution < 1.29 is 9.90 Å². The highest BCUT2D eigenvalue weighted by Crippen LogP contribution is 2.59. The summed E-state index contributed by atoms with van der Waals surface area (Å²) in [4.78, 5) is 11.9. The monoisotopic (exact) mass is 353 g/mol. The van der Waals surface area contributed by atoms with E-state index in [9.17, 15) is 9.90 Å². The van der Waals surface area contributed by atoms with Crippen LogP contribution in [0.4, 0.5) is 0 Å². The average molecular weight is 355 g/mol. The molecule has 1 fully saturated rings. The van der Waals surface area contributed by atoms with Gasteiger partial charge in [0.15, 0.2) is 6.23 Å². The van der Waals surface area contributed by atoms with Crippen molar-refractivity contribution in [3.8, 4) is 0 Å². The Labute approximate surface area is 130 Å². The summed E-state index contributed by atoms with van der Waals surface area (Å²) in [7, 11) is 0. The lowest BCUT2D eigenvalue weighted by atomic mass is 10.1. The first-order valence-corrected chi connectivity index (χ1v) is 6.95. The number of alkyl halides is 3. The van der Waals surface area contributed by atoms with Crippen molar-refractivity contribution in [2.24, 2.45) is 17.3 Å². The topological polar surface area (TPSA) is 49.3 Å². The molecule has 2 N–H and O–H groups in total. The molecule has 0 aromatic rings. The van der Waals surface area contributed by atoms with Gasteiger partial charge >= 0.3 is 0 Å². The third-order valence-corrected chi connectivity index (χ3v) is 3.96. The van der Waals surface area contributed by atoms with Crippen molar-refractivity contribution in [2.75, 3.05) is 0 Å². The summed E-state index contributed by atoms with van der Waals surface area (Å²) in [6, 6.07) is 0. The summed E-state index contributed by atoms with van der Waals surface area (Å²) in [5.41, 5.74) is -0.299. The number of rotatable bonds is 3. The largest absolute Gasteiger partial charge is 0.369 e. The van der Waals surface area contributed by atoms with E-state index in [1.54, 1.807) is 6.08 Å². The Morgan fingerprint density at radius 2 is 1.89 bits per heavy atom. The first-order valence-electron chi connectivity index (χ1n) is 5.06. The summed E-state index contributed by atoms with van der Waals surface area (Å²) in [6.07, 6.45) is 0.0252. The van der Waals surface area contributed by atoms with Crippen LogP contribution in [0, 0.1) is 17.3 Å². The fourth-order valence-corrected chi connectivity index (χ4v) is 2.37. The Balaban J connectivity index is 2.68. The van der Waals surface area contributed by atoms with E-state index in [1.165, 1.54) is 0 Å². The molecule has 8 heteroatoms. The van der Waals surface area contributed by atoms with Gasteiger partial charge in [-0.15, -0.1) is 0 Å². The molecule has 3 nitrogen and oxygen atoms in total. The molecule has 1 amide bonds. The van der Waals surface area contributed by atoms with Gasteiger partial charge in [-0.1, -0.05) is 71.9 Å². The summed E-state index contributed by atoms with van der Waals surface area (Å²) in [6.45, 7) is 3.77. The molecule has 1 rings (SSSR count). The predicted molar refractivity (Wildman–Crippen MR) is 75.0 cm³/mol.